The zero-order valence-corrected chi connectivity index (χ0v) is 17.0. The minimum atomic E-state index is -4.48. The Kier molecular flexibility index (Phi) is 5.68. The van der Waals surface area contributed by atoms with E-state index in [1.54, 1.807) is 12.1 Å². The van der Waals surface area contributed by atoms with Gasteiger partial charge in [0.05, 0.1) is 28.8 Å². The topological polar surface area (TPSA) is 61.4 Å². The van der Waals surface area contributed by atoms with E-state index in [9.17, 15) is 22.4 Å². The van der Waals surface area contributed by atoms with Crippen LogP contribution in [0.1, 0.15) is 12.0 Å². The molecule has 3 aromatic rings. The summed E-state index contributed by atoms with van der Waals surface area (Å²) in [5.41, 5.74) is 0.390. The summed E-state index contributed by atoms with van der Waals surface area (Å²) in [5, 5.41) is 2.52. The Morgan fingerprint density at radius 3 is 2.69 bits per heavy atom. The van der Waals surface area contributed by atoms with Crippen molar-refractivity contribution in [3.8, 4) is 11.3 Å². The first-order valence-electron chi connectivity index (χ1n) is 9.82. The number of urea groups is 1. The van der Waals surface area contributed by atoms with Crippen molar-refractivity contribution >= 4 is 23.2 Å². The van der Waals surface area contributed by atoms with E-state index >= 15 is 0 Å². The third-order valence-electron chi connectivity index (χ3n) is 5.14. The van der Waals surface area contributed by atoms with E-state index in [4.69, 9.17) is 0 Å². The number of benzene rings is 1. The molecule has 1 aliphatic rings. The number of rotatable bonds is 2. The van der Waals surface area contributed by atoms with Crippen LogP contribution >= 0.6 is 0 Å². The first kappa shape index (κ1) is 21.5. The molecule has 0 fully saturated rings. The molecule has 1 aliphatic heterocycles. The molecule has 0 aliphatic carbocycles. The standard InChI is InChI=1S/C22H19F4N5O/c1-30-10-3-11-31(21(32)29-18-8-9-27-13-16(18)23)20-19(30)7-6-17(28-20)14-4-2-5-15(12-14)22(24,25)26/h2,4-9,12-13H,3,10-11H2,1H3,(H,27,29,32). The Morgan fingerprint density at radius 1 is 1.12 bits per heavy atom. The molecule has 0 saturated heterocycles. The first-order valence-corrected chi connectivity index (χ1v) is 9.82. The molecule has 0 atom stereocenters. The average molecular weight is 445 g/mol. The summed E-state index contributed by atoms with van der Waals surface area (Å²) >= 11 is 0. The molecular formula is C22H19F4N5O. The molecule has 1 N–H and O–H groups in total. The van der Waals surface area contributed by atoms with Gasteiger partial charge in [-0.25, -0.2) is 14.2 Å². The van der Waals surface area contributed by atoms with Crippen molar-refractivity contribution in [3.05, 3.63) is 66.2 Å². The van der Waals surface area contributed by atoms with E-state index in [2.05, 4.69) is 15.3 Å². The summed E-state index contributed by atoms with van der Waals surface area (Å²) in [6.45, 7) is 0.944. The molecule has 3 heterocycles. The second-order valence-corrected chi connectivity index (χ2v) is 7.33. The summed E-state index contributed by atoms with van der Waals surface area (Å²) < 4.78 is 53.4. The van der Waals surface area contributed by atoms with Gasteiger partial charge in [-0.15, -0.1) is 0 Å². The Balaban J connectivity index is 1.73. The molecule has 0 radical (unpaired) electrons. The van der Waals surface area contributed by atoms with Gasteiger partial charge in [0.2, 0.25) is 0 Å². The van der Waals surface area contributed by atoms with Crippen LogP contribution in [0, 0.1) is 5.82 Å². The van der Waals surface area contributed by atoms with Gasteiger partial charge in [0.25, 0.3) is 0 Å². The van der Waals surface area contributed by atoms with E-state index in [1.165, 1.54) is 29.3 Å². The van der Waals surface area contributed by atoms with Crippen molar-refractivity contribution < 1.29 is 22.4 Å². The monoisotopic (exact) mass is 445 g/mol. The van der Waals surface area contributed by atoms with Gasteiger partial charge < -0.3 is 10.2 Å². The van der Waals surface area contributed by atoms with Gasteiger partial charge in [0.15, 0.2) is 11.6 Å². The highest BCUT2D eigenvalue weighted by Gasteiger charge is 2.31. The van der Waals surface area contributed by atoms with Crippen LogP contribution in [0.15, 0.2) is 54.9 Å². The molecule has 32 heavy (non-hydrogen) atoms. The van der Waals surface area contributed by atoms with Gasteiger partial charge in [-0.3, -0.25) is 9.88 Å². The molecule has 0 saturated carbocycles. The van der Waals surface area contributed by atoms with Crippen LogP contribution < -0.4 is 15.1 Å². The molecule has 10 heteroatoms. The minimum absolute atomic E-state index is 0.0295. The lowest BCUT2D eigenvalue weighted by Crippen LogP contribution is -2.36. The zero-order chi connectivity index (χ0) is 22.9. The van der Waals surface area contributed by atoms with Crippen molar-refractivity contribution in [2.24, 2.45) is 0 Å². The van der Waals surface area contributed by atoms with E-state index < -0.39 is 23.6 Å². The summed E-state index contributed by atoms with van der Waals surface area (Å²) in [6.07, 6.45) is -1.52. The molecule has 0 unspecified atom stereocenters. The highest BCUT2D eigenvalue weighted by molar-refractivity contribution is 6.03. The number of nitrogens with zero attached hydrogens (tertiary/aromatic N) is 4. The SMILES string of the molecule is CN1CCCN(C(=O)Nc2ccncc2F)c2nc(-c3cccc(C(F)(F)F)c3)ccc21. The number of hydrogen-bond acceptors (Lipinski definition) is 4. The Labute approximate surface area is 181 Å². The Morgan fingerprint density at radius 2 is 1.94 bits per heavy atom. The summed E-state index contributed by atoms with van der Waals surface area (Å²) in [4.78, 5) is 24.5. The number of carbonyl (C=O) groups is 1. The summed E-state index contributed by atoms with van der Waals surface area (Å²) in [6, 6.07) is 8.93. The molecule has 1 aromatic carbocycles. The maximum atomic E-state index is 14.0. The molecule has 4 rings (SSSR count). The maximum absolute atomic E-state index is 14.0. The molecule has 0 bridgehead atoms. The van der Waals surface area contributed by atoms with Gasteiger partial charge in [-0.1, -0.05) is 12.1 Å². The summed E-state index contributed by atoms with van der Waals surface area (Å²) in [5.74, 6) is -0.398. The number of fused-ring (bicyclic) bond motifs is 1. The lowest BCUT2D eigenvalue weighted by molar-refractivity contribution is -0.137. The molecule has 2 amide bonds. The van der Waals surface area contributed by atoms with E-state index in [0.717, 1.165) is 18.3 Å². The highest BCUT2D eigenvalue weighted by atomic mass is 19.4. The predicted molar refractivity (Wildman–Crippen MR) is 113 cm³/mol. The van der Waals surface area contributed by atoms with Gasteiger partial charge in [0, 0.05) is 31.9 Å². The van der Waals surface area contributed by atoms with Crippen molar-refractivity contribution in [1.82, 2.24) is 9.97 Å². The van der Waals surface area contributed by atoms with Crippen LogP contribution in [0.4, 0.5) is 39.5 Å². The van der Waals surface area contributed by atoms with Crippen molar-refractivity contribution in [2.75, 3.05) is 35.3 Å². The average Bonchev–Trinajstić information content (AvgIpc) is 2.93. The predicted octanol–water partition coefficient (Wildman–Crippen LogP) is 5.18. The number of anilines is 3. The van der Waals surface area contributed by atoms with E-state index in [-0.39, 0.29) is 22.8 Å². The minimum Gasteiger partial charge on any atom is -0.372 e. The molecular weight excluding hydrogens is 426 g/mol. The Hall–Kier alpha value is -3.69. The lowest BCUT2D eigenvalue weighted by Gasteiger charge is -2.24. The number of pyridine rings is 2. The number of alkyl halides is 3. The number of carbonyl (C=O) groups excluding carboxylic acids is 1. The fourth-order valence-electron chi connectivity index (χ4n) is 3.50. The number of amides is 2. The molecule has 0 spiro atoms. The van der Waals surface area contributed by atoms with Crippen LogP contribution in [0.2, 0.25) is 0 Å². The van der Waals surface area contributed by atoms with E-state index in [0.29, 0.717) is 25.2 Å². The fraction of sp³-hybridized carbons (Fsp3) is 0.227. The van der Waals surface area contributed by atoms with Crippen LogP contribution in [0.5, 0.6) is 0 Å². The number of aromatic nitrogens is 2. The first-order chi connectivity index (χ1) is 15.2. The Bertz CT molecular complexity index is 1150. The van der Waals surface area contributed by atoms with E-state index in [1.807, 2.05) is 11.9 Å². The van der Waals surface area contributed by atoms with Crippen molar-refractivity contribution in [2.45, 2.75) is 12.6 Å². The van der Waals surface area contributed by atoms with Crippen molar-refractivity contribution in [3.63, 3.8) is 0 Å². The van der Waals surface area contributed by atoms with Gasteiger partial charge in [-0.05, 0) is 36.8 Å². The normalized spacial score (nSPS) is 14.0. The number of hydrogen-bond donors (Lipinski definition) is 1. The molecule has 6 nitrogen and oxygen atoms in total. The highest BCUT2D eigenvalue weighted by Crippen LogP contribution is 2.35. The van der Waals surface area contributed by atoms with Crippen LogP contribution in [0.25, 0.3) is 11.3 Å². The largest absolute Gasteiger partial charge is 0.416 e. The molecule has 166 valence electrons. The maximum Gasteiger partial charge on any atom is 0.416 e. The van der Waals surface area contributed by atoms with Gasteiger partial charge in [-0.2, -0.15) is 13.2 Å². The third kappa shape index (κ3) is 4.34. The quantitative estimate of drug-likeness (QED) is 0.553. The second-order valence-electron chi connectivity index (χ2n) is 7.33. The van der Waals surface area contributed by atoms with Crippen LogP contribution in [-0.4, -0.2) is 36.1 Å². The second kappa shape index (κ2) is 8.45. The van der Waals surface area contributed by atoms with Crippen molar-refractivity contribution in [1.29, 1.82) is 0 Å². The third-order valence-corrected chi connectivity index (χ3v) is 5.14. The molecule has 2 aromatic heterocycles. The lowest BCUT2D eigenvalue weighted by atomic mass is 10.1. The smallest absolute Gasteiger partial charge is 0.372 e. The van der Waals surface area contributed by atoms with Crippen LogP contribution in [-0.2, 0) is 6.18 Å². The number of halogens is 4. The summed E-state index contributed by atoms with van der Waals surface area (Å²) in [7, 11) is 1.84. The fourth-order valence-corrected chi connectivity index (χ4v) is 3.50. The van der Waals surface area contributed by atoms with Crippen LogP contribution in [0.3, 0.4) is 0 Å². The zero-order valence-electron chi connectivity index (χ0n) is 17.0. The number of nitrogens with one attached hydrogen (secondary N) is 1. The van der Waals surface area contributed by atoms with Gasteiger partial charge >= 0.3 is 12.2 Å². The van der Waals surface area contributed by atoms with Gasteiger partial charge in [0.1, 0.15) is 0 Å².